The molecule has 1 atom stereocenters. The highest BCUT2D eigenvalue weighted by Gasteiger charge is 2.24. The minimum Gasteiger partial charge on any atom is -0.298 e. The highest BCUT2D eigenvalue weighted by Crippen LogP contribution is 2.25. The van der Waals surface area contributed by atoms with Gasteiger partial charge in [-0.25, -0.2) is 4.39 Å². The molecule has 1 N–H and O–H groups in total. The number of likely N-dealkylation sites (tertiary alicyclic amines) is 1. The van der Waals surface area contributed by atoms with E-state index in [0.717, 1.165) is 43.0 Å². The molecule has 1 aliphatic heterocycles. The minimum absolute atomic E-state index is 0.217. The van der Waals surface area contributed by atoms with Gasteiger partial charge < -0.3 is 0 Å². The predicted octanol–water partition coefficient (Wildman–Crippen LogP) is 4.31. The van der Waals surface area contributed by atoms with E-state index in [4.69, 9.17) is 0 Å². The van der Waals surface area contributed by atoms with Gasteiger partial charge in [0.1, 0.15) is 5.82 Å². The summed E-state index contributed by atoms with van der Waals surface area (Å²) in [5.74, 6) is -0.217. The number of nitrogens with one attached hydrogen (secondary N) is 1. The lowest BCUT2D eigenvalue weighted by molar-refractivity contribution is 0.107. The molecule has 2 heterocycles. The summed E-state index contributed by atoms with van der Waals surface area (Å²) in [6, 6.07) is 17.8. The van der Waals surface area contributed by atoms with Crippen molar-refractivity contribution in [2.75, 3.05) is 20.1 Å². The van der Waals surface area contributed by atoms with Crippen molar-refractivity contribution in [2.45, 2.75) is 32.0 Å². The van der Waals surface area contributed by atoms with Crippen LogP contribution in [0.25, 0.3) is 11.3 Å². The summed E-state index contributed by atoms with van der Waals surface area (Å²) in [4.78, 5) is 4.98. The second-order valence-electron chi connectivity index (χ2n) is 7.71. The highest BCUT2D eigenvalue weighted by molar-refractivity contribution is 5.62. The lowest BCUT2D eigenvalue weighted by Gasteiger charge is -2.37. The maximum atomic E-state index is 13.2. The highest BCUT2D eigenvalue weighted by atomic mass is 19.1. The Morgan fingerprint density at radius 3 is 2.71 bits per heavy atom. The summed E-state index contributed by atoms with van der Waals surface area (Å²) in [6.07, 6.45) is 4.33. The molecule has 5 heteroatoms. The molecule has 28 heavy (non-hydrogen) atoms. The average Bonchev–Trinajstić information content (AvgIpc) is 3.17. The summed E-state index contributed by atoms with van der Waals surface area (Å²) in [6.45, 7) is 3.99. The number of aromatic amines is 1. The number of rotatable bonds is 6. The smallest absolute Gasteiger partial charge is 0.123 e. The molecule has 146 valence electrons. The standard InChI is InChI=1S/C23H27FN4/c1-27(15-18-6-3-2-4-7-18)22-8-5-13-28(17-22)16-20-14-25-26-23(20)19-9-11-21(24)12-10-19/h2-4,6-7,9-12,14,22H,5,8,13,15-17H2,1H3,(H,25,26)/t22-/m0/s1. The molecule has 0 amide bonds. The van der Waals surface area contributed by atoms with E-state index in [1.807, 2.05) is 6.20 Å². The fourth-order valence-electron chi connectivity index (χ4n) is 4.07. The first-order chi connectivity index (χ1) is 13.7. The van der Waals surface area contributed by atoms with Crippen molar-refractivity contribution in [1.82, 2.24) is 20.0 Å². The van der Waals surface area contributed by atoms with E-state index < -0.39 is 0 Å². The van der Waals surface area contributed by atoms with Gasteiger partial charge in [-0.1, -0.05) is 30.3 Å². The van der Waals surface area contributed by atoms with E-state index in [1.54, 1.807) is 12.1 Å². The molecule has 1 fully saturated rings. The first-order valence-corrected chi connectivity index (χ1v) is 9.94. The normalized spacial score (nSPS) is 17.9. The fourth-order valence-corrected chi connectivity index (χ4v) is 4.07. The quantitative estimate of drug-likeness (QED) is 0.694. The molecule has 0 saturated carbocycles. The number of nitrogens with zero attached hydrogens (tertiary/aromatic N) is 3. The molecular formula is C23H27FN4. The largest absolute Gasteiger partial charge is 0.298 e. The van der Waals surface area contributed by atoms with Crippen LogP contribution in [0.3, 0.4) is 0 Å². The van der Waals surface area contributed by atoms with Gasteiger partial charge in [0.2, 0.25) is 0 Å². The lowest BCUT2D eigenvalue weighted by atomic mass is 10.0. The van der Waals surface area contributed by atoms with Gasteiger partial charge in [-0.15, -0.1) is 0 Å². The summed E-state index contributed by atoms with van der Waals surface area (Å²) >= 11 is 0. The molecule has 0 radical (unpaired) electrons. The zero-order valence-corrected chi connectivity index (χ0v) is 16.3. The Morgan fingerprint density at radius 1 is 1.14 bits per heavy atom. The van der Waals surface area contributed by atoms with Crippen molar-refractivity contribution in [3.8, 4) is 11.3 Å². The Balaban J connectivity index is 1.40. The van der Waals surface area contributed by atoms with Crippen LogP contribution in [-0.4, -0.2) is 46.2 Å². The van der Waals surface area contributed by atoms with Crippen LogP contribution in [0.4, 0.5) is 4.39 Å². The number of aromatic nitrogens is 2. The van der Waals surface area contributed by atoms with Crippen LogP contribution in [0, 0.1) is 5.82 Å². The molecule has 0 aliphatic carbocycles. The topological polar surface area (TPSA) is 35.2 Å². The number of hydrogen-bond donors (Lipinski definition) is 1. The Bertz CT molecular complexity index is 875. The average molecular weight is 378 g/mol. The predicted molar refractivity (Wildman–Crippen MR) is 110 cm³/mol. The van der Waals surface area contributed by atoms with Gasteiger partial charge >= 0.3 is 0 Å². The molecule has 3 aromatic rings. The van der Waals surface area contributed by atoms with Crippen molar-refractivity contribution in [3.63, 3.8) is 0 Å². The molecule has 0 unspecified atom stereocenters. The Labute approximate surface area is 166 Å². The molecule has 1 aromatic heterocycles. The zero-order chi connectivity index (χ0) is 19.3. The van der Waals surface area contributed by atoms with Crippen LogP contribution < -0.4 is 0 Å². The Hall–Kier alpha value is -2.50. The van der Waals surface area contributed by atoms with Gasteiger partial charge in [-0.3, -0.25) is 14.9 Å². The van der Waals surface area contributed by atoms with Crippen LogP contribution in [-0.2, 0) is 13.1 Å². The Kier molecular flexibility index (Phi) is 5.84. The molecule has 0 spiro atoms. The van der Waals surface area contributed by atoms with Crippen LogP contribution >= 0.6 is 0 Å². The molecule has 1 saturated heterocycles. The van der Waals surface area contributed by atoms with Gasteiger partial charge in [0, 0.05) is 36.8 Å². The molecular weight excluding hydrogens is 351 g/mol. The fraction of sp³-hybridized carbons (Fsp3) is 0.348. The molecule has 0 bridgehead atoms. The minimum atomic E-state index is -0.217. The van der Waals surface area contributed by atoms with Gasteiger partial charge in [0.15, 0.2) is 0 Å². The van der Waals surface area contributed by atoms with E-state index >= 15 is 0 Å². The monoisotopic (exact) mass is 378 g/mol. The number of H-pyrrole nitrogens is 1. The lowest BCUT2D eigenvalue weighted by Crippen LogP contribution is -2.45. The number of halogens is 1. The summed E-state index contributed by atoms with van der Waals surface area (Å²) < 4.78 is 13.2. The van der Waals surface area contributed by atoms with Crippen LogP contribution in [0.5, 0.6) is 0 Å². The van der Waals surface area contributed by atoms with Crippen molar-refractivity contribution in [1.29, 1.82) is 0 Å². The molecule has 1 aliphatic rings. The van der Waals surface area contributed by atoms with Gasteiger partial charge in [-0.05, 0) is 56.3 Å². The second-order valence-corrected chi connectivity index (χ2v) is 7.71. The van der Waals surface area contributed by atoms with Crippen molar-refractivity contribution in [2.24, 2.45) is 0 Å². The molecule has 2 aromatic carbocycles. The van der Waals surface area contributed by atoms with Crippen LogP contribution in [0.2, 0.25) is 0 Å². The first kappa shape index (κ1) is 18.8. The number of piperidine rings is 1. The molecule has 4 nitrogen and oxygen atoms in total. The third kappa shape index (κ3) is 4.49. The van der Waals surface area contributed by atoms with Crippen molar-refractivity contribution in [3.05, 3.63) is 77.7 Å². The second kappa shape index (κ2) is 8.67. The summed E-state index contributed by atoms with van der Waals surface area (Å²) in [7, 11) is 2.23. The van der Waals surface area contributed by atoms with E-state index in [9.17, 15) is 4.39 Å². The van der Waals surface area contributed by atoms with Gasteiger partial charge in [0.05, 0.1) is 11.9 Å². The van der Waals surface area contributed by atoms with Crippen molar-refractivity contribution < 1.29 is 4.39 Å². The third-order valence-electron chi connectivity index (χ3n) is 5.62. The van der Waals surface area contributed by atoms with Crippen LogP contribution in [0.1, 0.15) is 24.0 Å². The van der Waals surface area contributed by atoms with E-state index in [2.05, 4.69) is 57.4 Å². The SMILES string of the molecule is CN(Cc1ccccc1)[C@H]1CCCN(Cc2cn[nH]c2-c2ccc(F)cc2)C1. The maximum absolute atomic E-state index is 13.2. The number of hydrogen-bond acceptors (Lipinski definition) is 3. The zero-order valence-electron chi connectivity index (χ0n) is 16.3. The molecule has 4 rings (SSSR count). The number of likely N-dealkylation sites (N-methyl/N-ethyl adjacent to an activating group) is 1. The third-order valence-corrected chi connectivity index (χ3v) is 5.62. The Morgan fingerprint density at radius 2 is 1.93 bits per heavy atom. The van der Waals surface area contributed by atoms with Crippen molar-refractivity contribution >= 4 is 0 Å². The van der Waals surface area contributed by atoms with Crippen LogP contribution in [0.15, 0.2) is 60.8 Å². The van der Waals surface area contributed by atoms with Gasteiger partial charge in [0.25, 0.3) is 0 Å². The van der Waals surface area contributed by atoms with E-state index in [0.29, 0.717) is 6.04 Å². The maximum Gasteiger partial charge on any atom is 0.123 e. The van der Waals surface area contributed by atoms with E-state index in [-0.39, 0.29) is 5.82 Å². The summed E-state index contributed by atoms with van der Waals surface area (Å²) in [5, 5.41) is 7.33. The summed E-state index contributed by atoms with van der Waals surface area (Å²) in [5.41, 5.74) is 4.48. The van der Waals surface area contributed by atoms with E-state index in [1.165, 1.54) is 30.5 Å². The first-order valence-electron chi connectivity index (χ1n) is 9.94. The van der Waals surface area contributed by atoms with Gasteiger partial charge in [-0.2, -0.15) is 5.10 Å². The number of benzene rings is 2.